The molecule has 0 aromatic heterocycles. The molecule has 0 bridgehead atoms. The average molecular weight is 176 g/mol. The Labute approximate surface area is 78.1 Å². The molecule has 1 fully saturated rings. The molecule has 13 heavy (non-hydrogen) atoms. The Morgan fingerprint density at radius 2 is 2.38 bits per heavy atom. The van der Waals surface area contributed by atoms with Crippen LogP contribution in [0.3, 0.4) is 0 Å². The first-order valence-corrected chi connectivity index (χ1v) is 4.29. The highest BCUT2D eigenvalue weighted by atomic mass is 16.1. The molecule has 1 atom stereocenters. The number of nitrogens with zero attached hydrogens (tertiary/aromatic N) is 1. The lowest BCUT2D eigenvalue weighted by Gasteiger charge is -2.09. The van der Waals surface area contributed by atoms with Crippen molar-refractivity contribution in [1.29, 1.82) is 5.26 Å². The summed E-state index contributed by atoms with van der Waals surface area (Å²) in [7, 11) is 0. The molecule has 0 aromatic carbocycles. The van der Waals surface area contributed by atoms with E-state index < -0.39 is 0 Å². The molecular weight excluding hydrogens is 164 g/mol. The summed E-state index contributed by atoms with van der Waals surface area (Å²) >= 11 is 0. The lowest BCUT2D eigenvalue weighted by atomic mass is 10.0. The van der Waals surface area contributed by atoms with Crippen molar-refractivity contribution in [3.8, 4) is 18.4 Å². The van der Waals surface area contributed by atoms with E-state index in [0.29, 0.717) is 0 Å². The summed E-state index contributed by atoms with van der Waals surface area (Å²) in [4.78, 5) is 11.3. The number of nitrogens with one attached hydrogen (secondary N) is 1. The number of amides is 1. The fourth-order valence-corrected chi connectivity index (χ4v) is 1.12. The van der Waals surface area contributed by atoms with Gasteiger partial charge in [-0.15, -0.1) is 6.42 Å². The van der Waals surface area contributed by atoms with E-state index in [1.807, 2.05) is 0 Å². The van der Waals surface area contributed by atoms with Crippen molar-refractivity contribution in [2.24, 2.45) is 5.41 Å². The van der Waals surface area contributed by atoms with Gasteiger partial charge in [-0.3, -0.25) is 4.79 Å². The van der Waals surface area contributed by atoms with Gasteiger partial charge in [0.1, 0.15) is 0 Å². The van der Waals surface area contributed by atoms with Crippen molar-refractivity contribution in [2.45, 2.75) is 32.2 Å². The largest absolute Gasteiger partial charge is 0.343 e. The predicted octanol–water partition coefficient (Wildman–Crippen LogP) is 0.818. The smallest absolute Gasteiger partial charge is 0.222 e. The summed E-state index contributed by atoms with van der Waals surface area (Å²) in [6, 6.07) is 1.91. The van der Waals surface area contributed by atoms with Crippen LogP contribution >= 0.6 is 0 Å². The van der Waals surface area contributed by atoms with E-state index in [1.165, 1.54) is 0 Å². The lowest BCUT2D eigenvalue weighted by molar-refractivity contribution is -0.122. The zero-order chi connectivity index (χ0) is 9.90. The molecule has 0 radical (unpaired) electrons. The minimum Gasteiger partial charge on any atom is -0.343 e. The maximum atomic E-state index is 11.3. The van der Waals surface area contributed by atoms with Crippen molar-refractivity contribution in [3.05, 3.63) is 0 Å². The summed E-state index contributed by atoms with van der Waals surface area (Å²) < 4.78 is 0. The Morgan fingerprint density at radius 3 is 2.77 bits per heavy atom. The normalized spacial score (nSPS) is 19.3. The predicted molar refractivity (Wildman–Crippen MR) is 48.3 cm³/mol. The van der Waals surface area contributed by atoms with Gasteiger partial charge in [-0.25, -0.2) is 0 Å². The van der Waals surface area contributed by atoms with Gasteiger partial charge < -0.3 is 5.32 Å². The Hall–Kier alpha value is -1.48. The fourth-order valence-electron chi connectivity index (χ4n) is 1.12. The Morgan fingerprint density at radius 1 is 1.77 bits per heavy atom. The zero-order valence-electron chi connectivity index (χ0n) is 7.63. The molecule has 1 aliphatic rings. The molecular formula is C10H12N2O. The number of hydrogen-bond acceptors (Lipinski definition) is 2. The van der Waals surface area contributed by atoms with Crippen LogP contribution in [-0.2, 0) is 4.79 Å². The number of terminal acetylenes is 1. The van der Waals surface area contributed by atoms with E-state index in [9.17, 15) is 4.79 Å². The van der Waals surface area contributed by atoms with Crippen LogP contribution in [0.4, 0.5) is 0 Å². The number of rotatable bonds is 3. The summed E-state index contributed by atoms with van der Waals surface area (Å²) in [6.07, 6.45) is 7.06. The number of hydrogen-bond donors (Lipinski definition) is 1. The van der Waals surface area contributed by atoms with Crippen molar-refractivity contribution in [3.63, 3.8) is 0 Å². The SMILES string of the molecule is C#CC(C)NC(=O)CC1(C#N)CC1. The molecule has 1 aliphatic carbocycles. The number of nitriles is 1. The van der Waals surface area contributed by atoms with Gasteiger partial charge in [0, 0.05) is 6.42 Å². The minimum absolute atomic E-state index is 0.121. The number of carbonyl (C=O) groups is 1. The molecule has 0 heterocycles. The molecule has 0 aliphatic heterocycles. The van der Waals surface area contributed by atoms with Gasteiger partial charge in [0.15, 0.2) is 0 Å². The maximum absolute atomic E-state index is 11.3. The van der Waals surface area contributed by atoms with Gasteiger partial charge >= 0.3 is 0 Å². The molecule has 68 valence electrons. The molecule has 3 heteroatoms. The van der Waals surface area contributed by atoms with E-state index in [2.05, 4.69) is 17.3 Å². The third-order valence-electron chi connectivity index (χ3n) is 2.22. The van der Waals surface area contributed by atoms with Gasteiger partial charge in [0.2, 0.25) is 5.91 Å². The van der Waals surface area contributed by atoms with Crippen molar-refractivity contribution in [2.75, 3.05) is 0 Å². The second-order valence-corrected chi connectivity index (χ2v) is 3.52. The topological polar surface area (TPSA) is 52.9 Å². The zero-order valence-corrected chi connectivity index (χ0v) is 7.63. The van der Waals surface area contributed by atoms with Crippen LogP contribution in [0.5, 0.6) is 0 Å². The summed E-state index contributed by atoms with van der Waals surface area (Å²) in [6.45, 7) is 1.74. The van der Waals surface area contributed by atoms with Gasteiger partial charge in [-0.05, 0) is 19.8 Å². The van der Waals surface area contributed by atoms with Crippen molar-refractivity contribution in [1.82, 2.24) is 5.32 Å². The van der Waals surface area contributed by atoms with Crippen LogP contribution in [0, 0.1) is 29.1 Å². The molecule has 0 aromatic rings. The standard InChI is InChI=1S/C10H12N2O/c1-3-8(2)12-9(13)6-10(7-11)4-5-10/h1,8H,4-6H2,2H3,(H,12,13). The summed E-state index contributed by atoms with van der Waals surface area (Å²) in [5, 5.41) is 11.4. The quantitative estimate of drug-likeness (QED) is 0.647. The molecule has 0 saturated heterocycles. The molecule has 1 amide bonds. The lowest BCUT2D eigenvalue weighted by Crippen LogP contribution is -2.32. The highest BCUT2D eigenvalue weighted by molar-refractivity contribution is 5.78. The van der Waals surface area contributed by atoms with E-state index in [1.54, 1.807) is 6.92 Å². The monoisotopic (exact) mass is 176 g/mol. The van der Waals surface area contributed by atoms with Crippen LogP contribution in [0.2, 0.25) is 0 Å². The fraction of sp³-hybridized carbons (Fsp3) is 0.600. The second-order valence-electron chi connectivity index (χ2n) is 3.52. The number of carbonyl (C=O) groups excluding carboxylic acids is 1. The van der Waals surface area contributed by atoms with E-state index in [-0.39, 0.29) is 23.8 Å². The average Bonchev–Trinajstić information content (AvgIpc) is 2.85. The summed E-state index contributed by atoms with van der Waals surface area (Å²) in [5.41, 5.74) is -0.377. The summed E-state index contributed by atoms with van der Waals surface area (Å²) in [5.74, 6) is 2.28. The molecule has 1 rings (SSSR count). The van der Waals surface area contributed by atoms with E-state index in [4.69, 9.17) is 11.7 Å². The molecule has 1 unspecified atom stereocenters. The van der Waals surface area contributed by atoms with Gasteiger partial charge in [0.25, 0.3) is 0 Å². The Bertz CT molecular complexity index is 291. The van der Waals surface area contributed by atoms with Crippen molar-refractivity contribution < 1.29 is 4.79 Å². The Balaban J connectivity index is 2.36. The van der Waals surface area contributed by atoms with Gasteiger partial charge in [-0.2, -0.15) is 5.26 Å². The van der Waals surface area contributed by atoms with Gasteiger partial charge in [-0.1, -0.05) is 5.92 Å². The van der Waals surface area contributed by atoms with Crippen molar-refractivity contribution >= 4 is 5.91 Å². The maximum Gasteiger partial charge on any atom is 0.222 e. The molecule has 1 saturated carbocycles. The minimum atomic E-state index is -0.377. The van der Waals surface area contributed by atoms with Crippen LogP contribution in [0.15, 0.2) is 0 Å². The van der Waals surface area contributed by atoms with E-state index in [0.717, 1.165) is 12.8 Å². The molecule has 0 spiro atoms. The highest BCUT2D eigenvalue weighted by Gasteiger charge is 2.44. The Kier molecular flexibility index (Phi) is 2.58. The molecule has 3 nitrogen and oxygen atoms in total. The van der Waals surface area contributed by atoms with Gasteiger partial charge in [0.05, 0.1) is 17.5 Å². The third kappa shape index (κ3) is 2.49. The van der Waals surface area contributed by atoms with Crippen LogP contribution in [0.25, 0.3) is 0 Å². The first kappa shape index (κ1) is 9.61. The van der Waals surface area contributed by atoms with Crippen LogP contribution in [-0.4, -0.2) is 11.9 Å². The van der Waals surface area contributed by atoms with Crippen LogP contribution < -0.4 is 5.32 Å². The van der Waals surface area contributed by atoms with E-state index >= 15 is 0 Å². The first-order chi connectivity index (χ1) is 6.12. The molecule has 1 N–H and O–H groups in total. The highest BCUT2D eigenvalue weighted by Crippen LogP contribution is 2.47. The van der Waals surface area contributed by atoms with Crippen LogP contribution in [0.1, 0.15) is 26.2 Å². The first-order valence-electron chi connectivity index (χ1n) is 4.29. The third-order valence-corrected chi connectivity index (χ3v) is 2.22. The second kappa shape index (κ2) is 3.49.